The van der Waals surface area contributed by atoms with Crippen molar-refractivity contribution in [3.63, 3.8) is 0 Å². The summed E-state index contributed by atoms with van der Waals surface area (Å²) in [4.78, 5) is 0. The Morgan fingerprint density at radius 2 is 1.45 bits per heavy atom. The molecule has 0 spiro atoms. The molecule has 2 aromatic carbocycles. The molecule has 0 aliphatic heterocycles. The molecule has 1 N–H and O–H groups in total. The molecule has 0 unspecified atom stereocenters. The average molecular weight is 267 g/mol. The largest absolute Gasteiger partial charge is 0.288 e. The lowest BCUT2D eigenvalue weighted by Crippen LogP contribution is -2.39. The van der Waals surface area contributed by atoms with E-state index >= 15 is 0 Å². The lowest BCUT2D eigenvalue weighted by molar-refractivity contribution is 0.181. The van der Waals surface area contributed by atoms with Gasteiger partial charge < -0.3 is 0 Å². The van der Waals surface area contributed by atoms with Crippen LogP contribution < -0.4 is 5.06 Å². The van der Waals surface area contributed by atoms with Crippen LogP contribution in [0.4, 0.5) is 5.69 Å². The Bertz CT molecular complexity index is 582. The Morgan fingerprint density at radius 1 is 0.850 bits per heavy atom. The van der Waals surface area contributed by atoms with Gasteiger partial charge >= 0.3 is 0 Å². The second-order valence-electron chi connectivity index (χ2n) is 5.79. The van der Waals surface area contributed by atoms with Crippen LogP contribution in [-0.4, -0.2) is 10.7 Å². The SMILES string of the molecule is CC(C)(C)N(O)c1ccccc1/C=C/c1ccccc1. The van der Waals surface area contributed by atoms with Crippen LogP contribution in [0.15, 0.2) is 54.6 Å². The van der Waals surface area contributed by atoms with Gasteiger partial charge in [0.25, 0.3) is 0 Å². The van der Waals surface area contributed by atoms with Crippen LogP contribution in [0, 0.1) is 0 Å². The van der Waals surface area contributed by atoms with Crippen molar-refractivity contribution in [1.29, 1.82) is 0 Å². The molecular weight excluding hydrogens is 246 g/mol. The van der Waals surface area contributed by atoms with E-state index in [1.165, 1.54) is 5.06 Å². The minimum Gasteiger partial charge on any atom is -0.288 e. The maximum Gasteiger partial charge on any atom is 0.0712 e. The molecule has 2 nitrogen and oxygen atoms in total. The molecule has 2 heteroatoms. The second-order valence-corrected chi connectivity index (χ2v) is 5.79. The summed E-state index contributed by atoms with van der Waals surface area (Å²) in [5.74, 6) is 0. The van der Waals surface area contributed by atoms with Gasteiger partial charge in [-0.25, -0.2) is 0 Å². The fourth-order valence-electron chi connectivity index (χ4n) is 1.93. The highest BCUT2D eigenvalue weighted by Crippen LogP contribution is 2.26. The molecule has 104 valence electrons. The molecular formula is C18H21NO. The smallest absolute Gasteiger partial charge is 0.0712 e. The third-order valence-corrected chi connectivity index (χ3v) is 3.06. The normalized spacial score (nSPS) is 11.8. The Morgan fingerprint density at radius 3 is 2.10 bits per heavy atom. The van der Waals surface area contributed by atoms with E-state index in [1.807, 2.05) is 69.3 Å². The van der Waals surface area contributed by atoms with Crippen LogP contribution in [0.25, 0.3) is 12.2 Å². The number of hydroxylamine groups is 1. The van der Waals surface area contributed by atoms with Crippen molar-refractivity contribution in [3.8, 4) is 0 Å². The predicted molar refractivity (Wildman–Crippen MR) is 85.8 cm³/mol. The Balaban J connectivity index is 2.32. The van der Waals surface area contributed by atoms with Crippen molar-refractivity contribution < 1.29 is 5.21 Å². The molecule has 0 aromatic heterocycles. The first kappa shape index (κ1) is 14.4. The first-order valence-corrected chi connectivity index (χ1v) is 6.80. The van der Waals surface area contributed by atoms with E-state index in [0.29, 0.717) is 0 Å². The first-order chi connectivity index (χ1) is 9.48. The van der Waals surface area contributed by atoms with E-state index in [2.05, 4.69) is 18.2 Å². The third kappa shape index (κ3) is 3.49. The van der Waals surface area contributed by atoms with Gasteiger partial charge in [0.1, 0.15) is 0 Å². The van der Waals surface area contributed by atoms with Gasteiger partial charge in [-0.1, -0.05) is 60.7 Å². The Hall–Kier alpha value is -2.06. The number of para-hydroxylation sites is 1. The monoisotopic (exact) mass is 267 g/mol. The molecule has 2 rings (SSSR count). The summed E-state index contributed by atoms with van der Waals surface area (Å²) in [6.07, 6.45) is 4.08. The maximum absolute atomic E-state index is 10.3. The van der Waals surface area contributed by atoms with E-state index in [9.17, 15) is 5.21 Å². The highest BCUT2D eigenvalue weighted by molar-refractivity contribution is 5.76. The van der Waals surface area contributed by atoms with Gasteiger partial charge in [-0.2, -0.15) is 0 Å². The van der Waals surface area contributed by atoms with Gasteiger partial charge in [0, 0.05) is 5.56 Å². The molecule has 20 heavy (non-hydrogen) atoms. The molecule has 0 radical (unpaired) electrons. The third-order valence-electron chi connectivity index (χ3n) is 3.06. The fraction of sp³-hybridized carbons (Fsp3) is 0.222. The van der Waals surface area contributed by atoms with Gasteiger partial charge in [0.15, 0.2) is 0 Å². The zero-order valence-corrected chi connectivity index (χ0v) is 12.2. The molecule has 0 bridgehead atoms. The van der Waals surface area contributed by atoms with Crippen LogP contribution in [0.3, 0.4) is 0 Å². The van der Waals surface area contributed by atoms with Crippen molar-refractivity contribution in [2.45, 2.75) is 26.3 Å². The summed E-state index contributed by atoms with van der Waals surface area (Å²) in [6.45, 7) is 5.93. The van der Waals surface area contributed by atoms with E-state index in [0.717, 1.165) is 16.8 Å². The summed E-state index contributed by atoms with van der Waals surface area (Å²) in [5, 5.41) is 11.7. The lowest BCUT2D eigenvalue weighted by atomic mass is 10.0. The van der Waals surface area contributed by atoms with Crippen LogP contribution in [-0.2, 0) is 0 Å². The molecule has 0 saturated heterocycles. The highest BCUT2D eigenvalue weighted by atomic mass is 16.5. The number of hydrogen-bond acceptors (Lipinski definition) is 2. The Labute approximate surface area is 120 Å². The standard InChI is InChI=1S/C18H21NO/c1-18(2,3)19(20)17-12-8-7-11-16(17)14-13-15-9-5-4-6-10-15/h4-14,20H,1-3H3/b14-13+. The quantitative estimate of drug-likeness (QED) is 0.634. The van der Waals surface area contributed by atoms with Crippen molar-refractivity contribution in [1.82, 2.24) is 0 Å². The van der Waals surface area contributed by atoms with E-state index in [1.54, 1.807) is 0 Å². The molecule has 0 fully saturated rings. The molecule has 0 amide bonds. The predicted octanol–water partition coefficient (Wildman–Crippen LogP) is 4.85. The molecule has 0 atom stereocenters. The van der Waals surface area contributed by atoms with Crippen molar-refractivity contribution in [2.75, 3.05) is 5.06 Å². The van der Waals surface area contributed by atoms with Crippen LogP contribution in [0.2, 0.25) is 0 Å². The summed E-state index contributed by atoms with van der Waals surface area (Å²) < 4.78 is 0. The van der Waals surface area contributed by atoms with Gasteiger partial charge in [-0.15, -0.1) is 0 Å². The summed E-state index contributed by atoms with van der Waals surface area (Å²) in [7, 11) is 0. The number of rotatable bonds is 3. The summed E-state index contributed by atoms with van der Waals surface area (Å²) in [5.41, 5.74) is 2.61. The molecule has 0 heterocycles. The average Bonchev–Trinajstić information content (AvgIpc) is 2.45. The van der Waals surface area contributed by atoms with E-state index in [4.69, 9.17) is 0 Å². The van der Waals surface area contributed by atoms with Crippen LogP contribution in [0.1, 0.15) is 31.9 Å². The van der Waals surface area contributed by atoms with Crippen molar-refractivity contribution in [3.05, 3.63) is 65.7 Å². The molecule has 0 aliphatic rings. The minimum absolute atomic E-state index is 0.337. The second kappa shape index (κ2) is 5.93. The summed E-state index contributed by atoms with van der Waals surface area (Å²) in [6, 6.07) is 18.0. The van der Waals surface area contributed by atoms with Crippen molar-refractivity contribution in [2.24, 2.45) is 0 Å². The van der Waals surface area contributed by atoms with E-state index in [-0.39, 0.29) is 5.54 Å². The summed E-state index contributed by atoms with van der Waals surface area (Å²) >= 11 is 0. The fourth-order valence-corrected chi connectivity index (χ4v) is 1.93. The zero-order chi connectivity index (χ0) is 14.6. The number of nitrogens with zero attached hydrogens (tertiary/aromatic N) is 1. The van der Waals surface area contributed by atoms with E-state index < -0.39 is 0 Å². The van der Waals surface area contributed by atoms with Gasteiger partial charge in [0.05, 0.1) is 11.2 Å². The number of hydrogen-bond donors (Lipinski definition) is 1. The van der Waals surface area contributed by atoms with Crippen molar-refractivity contribution >= 4 is 17.8 Å². The topological polar surface area (TPSA) is 23.5 Å². The first-order valence-electron chi connectivity index (χ1n) is 6.80. The van der Waals surface area contributed by atoms with Crippen LogP contribution >= 0.6 is 0 Å². The molecule has 2 aromatic rings. The Kier molecular flexibility index (Phi) is 4.26. The molecule has 0 aliphatic carbocycles. The van der Waals surface area contributed by atoms with Gasteiger partial charge in [-0.3, -0.25) is 10.3 Å². The maximum atomic E-state index is 10.3. The zero-order valence-electron chi connectivity index (χ0n) is 12.2. The van der Waals surface area contributed by atoms with Gasteiger partial charge in [-0.05, 0) is 32.4 Å². The molecule has 0 saturated carbocycles. The van der Waals surface area contributed by atoms with Crippen LogP contribution in [0.5, 0.6) is 0 Å². The minimum atomic E-state index is -0.337. The number of anilines is 1. The lowest BCUT2D eigenvalue weighted by Gasteiger charge is -2.32. The highest BCUT2D eigenvalue weighted by Gasteiger charge is 2.21. The van der Waals surface area contributed by atoms with Gasteiger partial charge in [0.2, 0.25) is 0 Å². The number of benzene rings is 2.